The van der Waals surface area contributed by atoms with E-state index in [1.165, 1.54) is 12.8 Å². The number of rotatable bonds is 6. The molecule has 100 valence electrons. The molecule has 1 fully saturated rings. The number of nitrogens with two attached hydrogens (primary N) is 1. The largest absolute Gasteiger partial charge is 0.326 e. The van der Waals surface area contributed by atoms with Crippen molar-refractivity contribution in [1.82, 2.24) is 4.72 Å². The minimum atomic E-state index is -3.38. The number of sulfonamides is 1. The van der Waals surface area contributed by atoms with Gasteiger partial charge in [-0.1, -0.05) is 19.1 Å². The lowest BCUT2D eigenvalue weighted by molar-refractivity contribution is 0.492. The topological polar surface area (TPSA) is 72.2 Å². The van der Waals surface area contributed by atoms with Gasteiger partial charge in [-0.3, -0.25) is 0 Å². The summed E-state index contributed by atoms with van der Waals surface area (Å²) in [6.45, 7) is 3.04. The smallest absolute Gasteiger partial charge is 0.240 e. The van der Waals surface area contributed by atoms with Gasteiger partial charge < -0.3 is 5.73 Å². The molecule has 1 saturated carbocycles. The molecular weight excluding hydrogens is 248 g/mol. The lowest BCUT2D eigenvalue weighted by Crippen LogP contribution is -2.29. The van der Waals surface area contributed by atoms with Gasteiger partial charge in [-0.25, -0.2) is 13.1 Å². The Labute approximate surface area is 109 Å². The second-order valence-corrected chi connectivity index (χ2v) is 6.78. The van der Waals surface area contributed by atoms with Crippen LogP contribution in [-0.4, -0.2) is 15.0 Å². The zero-order chi connectivity index (χ0) is 13.2. The van der Waals surface area contributed by atoms with Crippen LogP contribution >= 0.6 is 0 Å². The van der Waals surface area contributed by atoms with Crippen molar-refractivity contribution in [2.24, 2.45) is 17.6 Å². The summed E-state index contributed by atoms with van der Waals surface area (Å²) in [6.07, 6.45) is 2.46. The fourth-order valence-electron chi connectivity index (χ4n) is 1.96. The van der Waals surface area contributed by atoms with E-state index < -0.39 is 10.0 Å². The first-order chi connectivity index (χ1) is 8.53. The second-order valence-electron chi connectivity index (χ2n) is 5.01. The van der Waals surface area contributed by atoms with Gasteiger partial charge in [0.1, 0.15) is 0 Å². The average Bonchev–Trinajstić information content (AvgIpc) is 3.20. The van der Waals surface area contributed by atoms with E-state index in [0.29, 0.717) is 29.8 Å². The van der Waals surface area contributed by atoms with E-state index in [9.17, 15) is 8.42 Å². The van der Waals surface area contributed by atoms with E-state index in [-0.39, 0.29) is 0 Å². The average molecular weight is 268 g/mol. The highest BCUT2D eigenvalue weighted by molar-refractivity contribution is 7.89. The van der Waals surface area contributed by atoms with Crippen molar-refractivity contribution in [2.75, 3.05) is 6.54 Å². The zero-order valence-electron chi connectivity index (χ0n) is 10.6. The highest BCUT2D eigenvalue weighted by Crippen LogP contribution is 2.36. The minimum absolute atomic E-state index is 0.308. The molecule has 18 heavy (non-hydrogen) atoms. The molecule has 5 heteroatoms. The molecule has 0 aliphatic heterocycles. The van der Waals surface area contributed by atoms with Crippen LogP contribution in [0.15, 0.2) is 29.2 Å². The molecule has 0 spiro atoms. The molecule has 1 atom stereocenters. The highest BCUT2D eigenvalue weighted by atomic mass is 32.2. The van der Waals surface area contributed by atoms with Crippen molar-refractivity contribution in [3.63, 3.8) is 0 Å². The van der Waals surface area contributed by atoms with Crippen LogP contribution in [0.3, 0.4) is 0 Å². The summed E-state index contributed by atoms with van der Waals surface area (Å²) in [6, 6.07) is 6.70. The maximum Gasteiger partial charge on any atom is 0.240 e. The van der Waals surface area contributed by atoms with Crippen LogP contribution in [0.5, 0.6) is 0 Å². The summed E-state index contributed by atoms with van der Waals surface area (Å²) in [5.74, 6) is 1.12. The third-order valence-electron chi connectivity index (χ3n) is 3.49. The molecule has 0 bridgehead atoms. The summed E-state index contributed by atoms with van der Waals surface area (Å²) < 4.78 is 26.7. The zero-order valence-corrected chi connectivity index (χ0v) is 11.4. The predicted molar refractivity (Wildman–Crippen MR) is 71.4 cm³/mol. The second kappa shape index (κ2) is 5.38. The van der Waals surface area contributed by atoms with Crippen molar-refractivity contribution >= 4 is 10.0 Å². The fourth-order valence-corrected chi connectivity index (χ4v) is 3.10. The number of benzene rings is 1. The molecule has 1 unspecified atom stereocenters. The van der Waals surface area contributed by atoms with Crippen LogP contribution in [0.2, 0.25) is 0 Å². The van der Waals surface area contributed by atoms with Crippen LogP contribution in [0, 0.1) is 11.8 Å². The molecule has 3 N–H and O–H groups in total. The maximum absolute atomic E-state index is 12.0. The summed E-state index contributed by atoms with van der Waals surface area (Å²) in [5.41, 5.74) is 6.41. The van der Waals surface area contributed by atoms with Crippen LogP contribution < -0.4 is 10.5 Å². The summed E-state index contributed by atoms with van der Waals surface area (Å²) >= 11 is 0. The van der Waals surface area contributed by atoms with Gasteiger partial charge in [-0.15, -0.1) is 0 Å². The Hall–Kier alpha value is -0.910. The van der Waals surface area contributed by atoms with Gasteiger partial charge in [0.05, 0.1) is 4.90 Å². The number of hydrogen-bond donors (Lipinski definition) is 2. The molecule has 1 aromatic rings. The monoisotopic (exact) mass is 268 g/mol. The van der Waals surface area contributed by atoms with Crippen LogP contribution in [0.4, 0.5) is 0 Å². The van der Waals surface area contributed by atoms with Gasteiger partial charge >= 0.3 is 0 Å². The standard InChI is InChI=1S/C13H20N2O2S/c1-10(12-4-5-12)9-15-18(16,17)13-6-2-11(8-14)3-7-13/h2-3,6-7,10,12,15H,4-5,8-9,14H2,1H3. The Morgan fingerprint density at radius 1 is 1.33 bits per heavy atom. The molecule has 2 rings (SSSR count). The summed E-state index contributed by atoms with van der Waals surface area (Å²) in [7, 11) is -3.38. The molecule has 0 aromatic heterocycles. The molecule has 0 saturated heterocycles. The Morgan fingerprint density at radius 3 is 2.44 bits per heavy atom. The van der Waals surface area contributed by atoms with Gasteiger partial charge in [0.2, 0.25) is 10.0 Å². The quantitative estimate of drug-likeness (QED) is 0.820. The minimum Gasteiger partial charge on any atom is -0.326 e. The Balaban J connectivity index is 1.99. The summed E-state index contributed by atoms with van der Waals surface area (Å²) in [5, 5.41) is 0. The van der Waals surface area contributed by atoms with Crippen LogP contribution in [0.25, 0.3) is 0 Å². The molecule has 1 aromatic carbocycles. The van der Waals surface area contributed by atoms with Gasteiger partial charge in [0.15, 0.2) is 0 Å². The van der Waals surface area contributed by atoms with Crippen molar-refractivity contribution < 1.29 is 8.42 Å². The van der Waals surface area contributed by atoms with Crippen molar-refractivity contribution in [2.45, 2.75) is 31.2 Å². The van der Waals surface area contributed by atoms with Gasteiger partial charge in [0.25, 0.3) is 0 Å². The number of nitrogens with one attached hydrogen (secondary N) is 1. The van der Waals surface area contributed by atoms with E-state index in [2.05, 4.69) is 11.6 Å². The molecule has 1 aliphatic carbocycles. The lowest BCUT2D eigenvalue weighted by Gasteiger charge is -2.12. The lowest BCUT2D eigenvalue weighted by atomic mass is 10.1. The third-order valence-corrected chi connectivity index (χ3v) is 4.93. The van der Waals surface area contributed by atoms with Crippen molar-refractivity contribution in [1.29, 1.82) is 0 Å². The number of hydrogen-bond acceptors (Lipinski definition) is 3. The highest BCUT2D eigenvalue weighted by Gasteiger charge is 2.28. The van der Waals surface area contributed by atoms with Gasteiger partial charge in [-0.05, 0) is 42.4 Å². The molecule has 1 aliphatic rings. The first-order valence-electron chi connectivity index (χ1n) is 6.31. The van der Waals surface area contributed by atoms with E-state index >= 15 is 0 Å². The molecular formula is C13H20N2O2S. The third kappa shape index (κ3) is 3.31. The van der Waals surface area contributed by atoms with Gasteiger partial charge in [-0.2, -0.15) is 0 Å². The summed E-state index contributed by atoms with van der Waals surface area (Å²) in [4.78, 5) is 0.308. The molecule has 0 heterocycles. The molecule has 4 nitrogen and oxygen atoms in total. The molecule has 0 amide bonds. The van der Waals surface area contributed by atoms with Crippen molar-refractivity contribution in [3.05, 3.63) is 29.8 Å². The van der Waals surface area contributed by atoms with E-state index in [1.807, 2.05) is 0 Å². The Kier molecular flexibility index (Phi) is 4.04. The maximum atomic E-state index is 12.0. The first-order valence-corrected chi connectivity index (χ1v) is 7.80. The fraction of sp³-hybridized carbons (Fsp3) is 0.538. The predicted octanol–water partition coefficient (Wildman–Crippen LogP) is 1.47. The van der Waals surface area contributed by atoms with E-state index in [0.717, 1.165) is 5.56 Å². The SMILES string of the molecule is CC(CNS(=O)(=O)c1ccc(CN)cc1)C1CC1. The van der Waals surface area contributed by atoms with Crippen LogP contribution in [-0.2, 0) is 16.6 Å². The Bertz CT molecular complexity index is 492. The van der Waals surface area contributed by atoms with E-state index in [1.54, 1.807) is 24.3 Å². The van der Waals surface area contributed by atoms with Crippen LogP contribution in [0.1, 0.15) is 25.3 Å². The molecule has 0 radical (unpaired) electrons. The van der Waals surface area contributed by atoms with Crippen molar-refractivity contribution in [3.8, 4) is 0 Å². The van der Waals surface area contributed by atoms with E-state index in [4.69, 9.17) is 5.73 Å². The first kappa shape index (κ1) is 13.5. The Morgan fingerprint density at radius 2 is 1.94 bits per heavy atom. The normalized spacial score (nSPS) is 17.7. The van der Waals surface area contributed by atoms with Gasteiger partial charge in [0, 0.05) is 13.1 Å².